The second-order valence-electron chi connectivity index (χ2n) is 10.8. The predicted molar refractivity (Wildman–Crippen MR) is 154 cm³/mol. The Kier molecular flexibility index (Phi) is 8.28. The van der Waals surface area contributed by atoms with Gasteiger partial charge >= 0.3 is 23.9 Å². The third kappa shape index (κ3) is 7.61. The number of carbonyl (C=O) groups excluding carboxylic acids is 4. The van der Waals surface area contributed by atoms with Crippen molar-refractivity contribution in [1.82, 2.24) is 0 Å². The molecule has 1 aliphatic carbocycles. The summed E-state index contributed by atoms with van der Waals surface area (Å²) in [4.78, 5) is 49.7. The maximum absolute atomic E-state index is 12.7. The molecule has 0 spiro atoms. The highest BCUT2D eigenvalue weighted by Crippen LogP contribution is 2.49. The van der Waals surface area contributed by atoms with Gasteiger partial charge in [0.1, 0.15) is 12.7 Å². The van der Waals surface area contributed by atoms with E-state index in [1.54, 1.807) is 6.07 Å². The topological polar surface area (TPSA) is 135 Å². The summed E-state index contributed by atoms with van der Waals surface area (Å²) >= 11 is 0. The Balaban J connectivity index is 1.91. The second kappa shape index (κ2) is 13.3. The maximum atomic E-state index is 12.7. The molecule has 1 unspecified atom stereocenters. The fraction of sp³-hybridized carbons (Fsp3) is 0.515. The number of carbonyl (C=O) groups is 4. The Morgan fingerprint density at radius 1 is 0.907 bits per heavy atom. The normalized spacial score (nSPS) is 26.2. The minimum Gasteiger partial charge on any atom is -0.463 e. The van der Waals surface area contributed by atoms with E-state index in [1.807, 2.05) is 37.3 Å². The lowest BCUT2D eigenvalue weighted by molar-refractivity contribution is -0.360. The van der Waals surface area contributed by atoms with Gasteiger partial charge in [0, 0.05) is 38.6 Å². The van der Waals surface area contributed by atoms with Crippen LogP contribution in [0.2, 0.25) is 0 Å². The molecule has 10 heteroatoms. The molecule has 0 radical (unpaired) electrons. The van der Waals surface area contributed by atoms with E-state index in [0.717, 1.165) is 36.0 Å². The Morgan fingerprint density at radius 2 is 1.51 bits per heavy atom. The smallest absolute Gasteiger partial charge is 0.303 e. The third-order valence-corrected chi connectivity index (χ3v) is 7.64. The number of rotatable bonds is 10. The van der Waals surface area contributed by atoms with Crippen LogP contribution in [-0.4, -0.2) is 60.0 Å². The van der Waals surface area contributed by atoms with Crippen LogP contribution in [0.25, 0.3) is 0 Å². The monoisotopic (exact) mass is 600 g/mol. The van der Waals surface area contributed by atoms with Gasteiger partial charge in [0.2, 0.25) is 11.9 Å². The molecule has 0 aromatic heterocycles. The average Bonchev–Trinajstić information content (AvgIpc) is 3.93. The van der Waals surface area contributed by atoms with Crippen molar-refractivity contribution in [3.8, 4) is 0 Å². The molecule has 2 aromatic carbocycles. The Labute approximate surface area is 257 Å². The van der Waals surface area contributed by atoms with Crippen LogP contribution >= 0.6 is 0 Å². The van der Waals surface area contributed by atoms with Gasteiger partial charge in [0.05, 0.1) is 0 Å². The maximum Gasteiger partial charge on any atom is 0.303 e. The average molecular weight is 601 g/mol. The lowest BCUT2D eigenvalue weighted by Crippen LogP contribution is -2.66. The molecule has 1 N–H and O–H groups in total. The summed E-state index contributed by atoms with van der Waals surface area (Å²) in [5.41, 5.74) is 4.75. The van der Waals surface area contributed by atoms with Gasteiger partial charge < -0.3 is 28.8 Å². The summed E-state index contributed by atoms with van der Waals surface area (Å²) in [6.07, 6.45) is -4.02. The van der Waals surface area contributed by atoms with E-state index in [2.05, 4.69) is 6.92 Å². The number of esters is 4. The molecule has 1 heterocycles. The molecule has 4 rings (SSSR count). The van der Waals surface area contributed by atoms with Crippen molar-refractivity contribution in [2.24, 2.45) is 0 Å². The van der Waals surface area contributed by atoms with Gasteiger partial charge in [0.15, 0.2) is 12.2 Å². The summed E-state index contributed by atoms with van der Waals surface area (Å²) < 4.78 is 57.7. The zero-order valence-corrected chi connectivity index (χ0v) is 24.3. The summed E-state index contributed by atoms with van der Waals surface area (Å²) in [6, 6.07) is 11.7. The lowest BCUT2D eigenvalue weighted by atomic mass is 9.82. The van der Waals surface area contributed by atoms with Crippen molar-refractivity contribution in [3.05, 3.63) is 69.8 Å². The number of ether oxygens (including phenoxy) is 5. The molecule has 0 bridgehead atoms. The van der Waals surface area contributed by atoms with Gasteiger partial charge in [-0.3, -0.25) is 19.2 Å². The lowest BCUT2D eigenvalue weighted by Gasteiger charge is -2.49. The summed E-state index contributed by atoms with van der Waals surface area (Å²) in [6.45, 7) is -0.0470. The highest BCUT2D eigenvalue weighted by molar-refractivity contribution is 5.69. The van der Waals surface area contributed by atoms with Crippen LogP contribution < -0.4 is 0 Å². The molecule has 43 heavy (non-hydrogen) atoms. The first kappa shape index (κ1) is 26.8. The molecule has 1 aliphatic heterocycles. The molecular formula is C33H40O10. The molecule has 2 aromatic rings. The Bertz CT molecular complexity index is 1450. The fourth-order valence-electron chi connectivity index (χ4n) is 5.48. The number of hydrogen-bond donors (Lipinski definition) is 1. The minimum absolute atomic E-state index is 0.00874. The molecule has 232 valence electrons. The van der Waals surface area contributed by atoms with Gasteiger partial charge in [-0.15, -0.1) is 0 Å². The molecule has 0 amide bonds. The van der Waals surface area contributed by atoms with E-state index in [-0.39, 0.29) is 11.5 Å². The summed E-state index contributed by atoms with van der Waals surface area (Å²) in [5, 5.41) is 12.7. The van der Waals surface area contributed by atoms with Crippen LogP contribution in [-0.2, 0) is 61.5 Å². The molecule has 2 aliphatic rings. The number of hydrogen-bond acceptors (Lipinski definition) is 10. The fourth-order valence-corrected chi connectivity index (χ4v) is 5.48. The standard InChI is InChI=1S/C33H40O10/c1-7-23-8-10-24(11-9-23)15-26-16-28(27(14-18(26)2)25-12-13-25)33(38)32(42-22(6)37)31(41-21(5)36)30(40-20(4)35)29(43-33)17-39-19(3)34/h8-11,14,16,25,29-32,38H,7,12-13,15,17H2,1-6H3/t29-,30-,31+,32-,33?/m1/s1/i3D,4D,5D,6D. The van der Waals surface area contributed by atoms with Gasteiger partial charge in [0.25, 0.3) is 0 Å². The zero-order valence-electron chi connectivity index (χ0n) is 28.3. The van der Waals surface area contributed by atoms with Crippen molar-refractivity contribution in [1.29, 1.82) is 0 Å². The van der Waals surface area contributed by atoms with Crippen molar-refractivity contribution in [3.63, 3.8) is 0 Å². The van der Waals surface area contributed by atoms with Crippen LogP contribution in [0.1, 0.15) is 92.1 Å². The molecule has 2 fully saturated rings. The van der Waals surface area contributed by atoms with E-state index in [9.17, 15) is 24.3 Å². The highest BCUT2D eigenvalue weighted by Gasteiger charge is 2.61. The number of aliphatic hydroxyl groups is 1. The first-order chi connectivity index (χ1) is 22.5. The first-order valence-corrected chi connectivity index (χ1v) is 14.0. The second-order valence-corrected chi connectivity index (χ2v) is 10.8. The van der Waals surface area contributed by atoms with Crippen molar-refractivity contribution >= 4 is 23.9 Å². The summed E-state index contributed by atoms with van der Waals surface area (Å²) in [7, 11) is 0. The molecule has 10 nitrogen and oxygen atoms in total. The Hall–Kier alpha value is -3.76. The molecule has 1 saturated carbocycles. The van der Waals surface area contributed by atoms with E-state index < -0.39 is 88.3 Å². The summed E-state index contributed by atoms with van der Waals surface area (Å²) in [5.74, 6) is -6.90. The van der Waals surface area contributed by atoms with Crippen molar-refractivity contribution in [2.45, 2.75) is 103 Å². The van der Waals surface area contributed by atoms with Crippen LogP contribution in [0.4, 0.5) is 0 Å². The largest absolute Gasteiger partial charge is 0.463 e. The number of benzene rings is 2. The van der Waals surface area contributed by atoms with Gasteiger partial charge in [-0.05, 0) is 72.4 Å². The van der Waals surface area contributed by atoms with Crippen LogP contribution in [0.5, 0.6) is 0 Å². The van der Waals surface area contributed by atoms with Gasteiger partial charge in [-0.25, -0.2) is 0 Å². The van der Waals surface area contributed by atoms with E-state index in [4.69, 9.17) is 29.2 Å². The highest BCUT2D eigenvalue weighted by atomic mass is 16.7. The molecule has 1 saturated heterocycles. The number of aryl methyl sites for hydroxylation is 2. The first-order valence-electron chi connectivity index (χ1n) is 16.8. The van der Waals surface area contributed by atoms with E-state index in [1.165, 1.54) is 5.56 Å². The van der Waals surface area contributed by atoms with Crippen LogP contribution in [0.3, 0.4) is 0 Å². The van der Waals surface area contributed by atoms with E-state index in [0.29, 0.717) is 12.0 Å². The SMILES string of the molecule is [2H]CC(=O)OC[C@H]1OC(O)(c2cc(Cc3ccc(CC)cc3)c(C)cc2C2CC2)[C@H](OC(=O)C[2H])[C@@H](OC(=O)C[2H])[C@@H]1OC(=O)C[2H]. The molecule has 5 atom stereocenters. The van der Waals surface area contributed by atoms with Crippen molar-refractivity contribution < 1.29 is 53.5 Å². The predicted octanol–water partition coefficient (Wildman–Crippen LogP) is 3.93. The molecular weight excluding hydrogens is 556 g/mol. The van der Waals surface area contributed by atoms with Crippen molar-refractivity contribution in [2.75, 3.05) is 6.61 Å². The zero-order chi connectivity index (χ0) is 34.3. The Morgan fingerprint density at radius 3 is 2.12 bits per heavy atom. The van der Waals surface area contributed by atoms with E-state index >= 15 is 0 Å². The van der Waals surface area contributed by atoms with Gasteiger partial charge in [-0.1, -0.05) is 37.3 Å². The minimum atomic E-state index is -2.61. The van der Waals surface area contributed by atoms with Crippen LogP contribution in [0, 0.1) is 6.92 Å². The third-order valence-electron chi connectivity index (χ3n) is 7.64. The quantitative estimate of drug-likeness (QED) is 0.316. The van der Waals surface area contributed by atoms with Gasteiger partial charge in [-0.2, -0.15) is 0 Å². The van der Waals surface area contributed by atoms with Crippen LogP contribution in [0.15, 0.2) is 36.4 Å².